The Labute approximate surface area is 202 Å². The standard InChI is InChI=1S/C26H24ClN3O4/c1-32-19-11-9-18(10-12-19)25-20(16-30(29-25)15-17-7-5-4-6-8-17)26(31)28-22-13-21(27)23(33-2)14-24(22)34-3/h4-14,16H,15H2,1-3H3,(H,28,31). The van der Waals surface area contributed by atoms with Crippen molar-refractivity contribution in [3.63, 3.8) is 0 Å². The molecule has 0 radical (unpaired) electrons. The molecular weight excluding hydrogens is 454 g/mol. The summed E-state index contributed by atoms with van der Waals surface area (Å²) in [5.41, 5.74) is 3.25. The lowest BCUT2D eigenvalue weighted by Crippen LogP contribution is -2.13. The van der Waals surface area contributed by atoms with Crippen LogP contribution < -0.4 is 19.5 Å². The molecule has 174 valence electrons. The number of carbonyl (C=O) groups excluding carboxylic acids is 1. The largest absolute Gasteiger partial charge is 0.497 e. The van der Waals surface area contributed by atoms with Gasteiger partial charge in [-0.05, 0) is 35.9 Å². The van der Waals surface area contributed by atoms with Gasteiger partial charge in [-0.2, -0.15) is 5.10 Å². The average molecular weight is 478 g/mol. The summed E-state index contributed by atoms with van der Waals surface area (Å²) in [5.74, 6) is 1.25. The molecule has 4 aromatic rings. The van der Waals surface area contributed by atoms with Crippen molar-refractivity contribution >= 4 is 23.2 Å². The fourth-order valence-corrected chi connectivity index (χ4v) is 3.79. The van der Waals surface area contributed by atoms with Gasteiger partial charge in [0.2, 0.25) is 0 Å². The predicted octanol–water partition coefficient (Wildman–Crippen LogP) is 5.53. The minimum absolute atomic E-state index is 0.343. The smallest absolute Gasteiger partial charge is 0.259 e. The SMILES string of the molecule is COc1ccc(-c2nn(Cc3ccccc3)cc2C(=O)Nc2cc(Cl)c(OC)cc2OC)cc1. The molecule has 1 amide bonds. The molecule has 7 nitrogen and oxygen atoms in total. The molecule has 0 fully saturated rings. The summed E-state index contributed by atoms with van der Waals surface area (Å²) in [6.45, 7) is 0.523. The summed E-state index contributed by atoms with van der Waals surface area (Å²) in [5, 5.41) is 7.97. The van der Waals surface area contributed by atoms with Crippen LogP contribution in [0.25, 0.3) is 11.3 Å². The third-order valence-electron chi connectivity index (χ3n) is 5.28. The number of carbonyl (C=O) groups is 1. The second-order valence-electron chi connectivity index (χ2n) is 7.44. The van der Waals surface area contributed by atoms with E-state index in [1.807, 2.05) is 54.6 Å². The van der Waals surface area contributed by atoms with Crippen LogP contribution in [0.2, 0.25) is 5.02 Å². The van der Waals surface area contributed by atoms with E-state index in [0.717, 1.165) is 16.9 Å². The molecular formula is C26H24ClN3O4. The molecule has 3 aromatic carbocycles. The molecule has 0 saturated carbocycles. The summed E-state index contributed by atoms with van der Waals surface area (Å²) in [6, 6.07) is 20.6. The van der Waals surface area contributed by atoms with Crippen molar-refractivity contribution < 1.29 is 19.0 Å². The van der Waals surface area contributed by atoms with Crippen LogP contribution >= 0.6 is 11.6 Å². The van der Waals surface area contributed by atoms with Gasteiger partial charge in [-0.1, -0.05) is 41.9 Å². The van der Waals surface area contributed by atoms with Crippen LogP contribution in [0.5, 0.6) is 17.2 Å². The molecule has 0 aliphatic rings. The molecule has 8 heteroatoms. The summed E-state index contributed by atoms with van der Waals surface area (Å²) in [6.07, 6.45) is 1.74. The Bertz CT molecular complexity index is 1290. The number of methoxy groups -OCH3 is 3. The number of nitrogens with one attached hydrogen (secondary N) is 1. The molecule has 0 unspecified atom stereocenters. The molecule has 1 heterocycles. The van der Waals surface area contributed by atoms with Crippen LogP contribution in [0.15, 0.2) is 72.9 Å². The fraction of sp³-hybridized carbons (Fsp3) is 0.154. The Balaban J connectivity index is 1.71. The minimum atomic E-state index is -0.343. The summed E-state index contributed by atoms with van der Waals surface area (Å²) in [7, 11) is 4.63. The maximum atomic E-state index is 13.4. The van der Waals surface area contributed by atoms with E-state index in [9.17, 15) is 4.79 Å². The highest BCUT2D eigenvalue weighted by atomic mass is 35.5. The number of nitrogens with zero attached hydrogens (tertiary/aromatic N) is 2. The molecule has 0 spiro atoms. The quantitative estimate of drug-likeness (QED) is 0.361. The van der Waals surface area contributed by atoms with Crippen molar-refractivity contribution in [2.45, 2.75) is 6.54 Å². The van der Waals surface area contributed by atoms with Gasteiger partial charge in [0.05, 0.1) is 44.1 Å². The van der Waals surface area contributed by atoms with Crippen LogP contribution in [0.4, 0.5) is 5.69 Å². The molecule has 4 rings (SSSR count). The Hall–Kier alpha value is -3.97. The molecule has 0 atom stereocenters. The first-order valence-electron chi connectivity index (χ1n) is 10.5. The zero-order valence-electron chi connectivity index (χ0n) is 19.0. The number of benzene rings is 3. The number of hydrogen-bond acceptors (Lipinski definition) is 5. The maximum Gasteiger partial charge on any atom is 0.259 e. The van der Waals surface area contributed by atoms with Crippen molar-refractivity contribution in [3.8, 4) is 28.5 Å². The maximum absolute atomic E-state index is 13.4. The number of ether oxygens (including phenoxy) is 3. The molecule has 0 aliphatic heterocycles. The lowest BCUT2D eigenvalue weighted by molar-refractivity contribution is 0.102. The topological polar surface area (TPSA) is 74.6 Å². The Morgan fingerprint density at radius 2 is 1.65 bits per heavy atom. The van der Waals surface area contributed by atoms with Crippen molar-refractivity contribution in [2.75, 3.05) is 26.6 Å². The van der Waals surface area contributed by atoms with Crippen LogP contribution in [0.3, 0.4) is 0 Å². The van der Waals surface area contributed by atoms with E-state index in [1.165, 1.54) is 14.2 Å². The third-order valence-corrected chi connectivity index (χ3v) is 5.57. The molecule has 0 aliphatic carbocycles. The summed E-state index contributed by atoms with van der Waals surface area (Å²) < 4.78 is 17.7. The van der Waals surface area contributed by atoms with Gasteiger partial charge in [-0.25, -0.2) is 0 Å². The second kappa shape index (κ2) is 10.3. The van der Waals surface area contributed by atoms with Crippen LogP contribution in [0, 0.1) is 0 Å². The van der Waals surface area contributed by atoms with E-state index in [0.29, 0.717) is 40.0 Å². The number of amides is 1. The minimum Gasteiger partial charge on any atom is -0.497 e. The number of halogens is 1. The van der Waals surface area contributed by atoms with E-state index in [-0.39, 0.29) is 5.91 Å². The summed E-state index contributed by atoms with van der Waals surface area (Å²) >= 11 is 6.28. The zero-order chi connectivity index (χ0) is 24.1. The van der Waals surface area contributed by atoms with Gasteiger partial charge < -0.3 is 19.5 Å². The normalized spacial score (nSPS) is 10.6. The molecule has 1 aromatic heterocycles. The van der Waals surface area contributed by atoms with Crippen molar-refractivity contribution in [1.29, 1.82) is 0 Å². The van der Waals surface area contributed by atoms with E-state index in [4.69, 9.17) is 30.9 Å². The van der Waals surface area contributed by atoms with Gasteiger partial charge in [0.25, 0.3) is 5.91 Å². The van der Waals surface area contributed by atoms with E-state index in [2.05, 4.69) is 5.32 Å². The number of anilines is 1. The Morgan fingerprint density at radius 1 is 0.941 bits per heavy atom. The Kier molecular flexibility index (Phi) is 7.04. The van der Waals surface area contributed by atoms with E-state index >= 15 is 0 Å². The first-order chi connectivity index (χ1) is 16.5. The number of aromatic nitrogens is 2. The fourth-order valence-electron chi connectivity index (χ4n) is 3.55. The predicted molar refractivity (Wildman–Crippen MR) is 132 cm³/mol. The Morgan fingerprint density at radius 3 is 2.29 bits per heavy atom. The van der Waals surface area contributed by atoms with Gasteiger partial charge in [0, 0.05) is 17.8 Å². The molecule has 34 heavy (non-hydrogen) atoms. The van der Waals surface area contributed by atoms with E-state index < -0.39 is 0 Å². The number of rotatable bonds is 8. The molecule has 0 saturated heterocycles. The summed E-state index contributed by atoms with van der Waals surface area (Å²) in [4.78, 5) is 13.4. The highest BCUT2D eigenvalue weighted by Gasteiger charge is 2.21. The first kappa shape index (κ1) is 23.2. The van der Waals surface area contributed by atoms with Gasteiger partial charge in [0.1, 0.15) is 22.9 Å². The third kappa shape index (κ3) is 5.00. The zero-order valence-corrected chi connectivity index (χ0v) is 19.8. The number of hydrogen-bond donors (Lipinski definition) is 1. The average Bonchev–Trinajstić information content (AvgIpc) is 3.28. The van der Waals surface area contributed by atoms with Crippen LogP contribution in [0.1, 0.15) is 15.9 Å². The van der Waals surface area contributed by atoms with Gasteiger partial charge in [-0.3, -0.25) is 9.48 Å². The van der Waals surface area contributed by atoms with Gasteiger partial charge in [0.15, 0.2) is 0 Å². The lowest BCUT2D eigenvalue weighted by Gasteiger charge is -2.13. The highest BCUT2D eigenvalue weighted by Crippen LogP contribution is 2.36. The highest BCUT2D eigenvalue weighted by molar-refractivity contribution is 6.32. The van der Waals surface area contributed by atoms with Crippen LogP contribution in [-0.2, 0) is 6.54 Å². The molecule has 1 N–H and O–H groups in total. The van der Waals surface area contributed by atoms with Crippen molar-refractivity contribution in [3.05, 3.63) is 89.1 Å². The second-order valence-corrected chi connectivity index (χ2v) is 7.85. The van der Waals surface area contributed by atoms with Crippen LogP contribution in [-0.4, -0.2) is 37.0 Å². The van der Waals surface area contributed by atoms with E-state index in [1.54, 1.807) is 30.1 Å². The monoisotopic (exact) mass is 477 g/mol. The molecule has 0 bridgehead atoms. The van der Waals surface area contributed by atoms with Crippen molar-refractivity contribution in [1.82, 2.24) is 9.78 Å². The first-order valence-corrected chi connectivity index (χ1v) is 10.9. The van der Waals surface area contributed by atoms with Crippen molar-refractivity contribution in [2.24, 2.45) is 0 Å². The van der Waals surface area contributed by atoms with Gasteiger partial charge in [-0.15, -0.1) is 0 Å². The lowest BCUT2D eigenvalue weighted by atomic mass is 10.1. The van der Waals surface area contributed by atoms with Gasteiger partial charge >= 0.3 is 0 Å².